The van der Waals surface area contributed by atoms with Crippen LogP contribution < -0.4 is 9.64 Å². The average Bonchev–Trinajstić information content (AvgIpc) is 3.25. The second-order valence-corrected chi connectivity index (χ2v) is 14.0. The SMILES string of the molecule is N#Cc1c(-c2ccccc2)nc(-c2ccccc2)c(C#N)c1-c1ccc(C2(c3ccc(N4c5ccccc5Oc5ccccc54)cc3)CCCCC2)cc1. The van der Waals surface area contributed by atoms with Crippen LogP contribution in [0.15, 0.2) is 158 Å². The van der Waals surface area contributed by atoms with Gasteiger partial charge in [0.05, 0.1) is 33.9 Å². The molecule has 0 unspecified atom stereocenters. The molecule has 1 aromatic heterocycles. The Labute approximate surface area is 316 Å². The van der Waals surface area contributed by atoms with E-state index in [-0.39, 0.29) is 5.41 Å². The fraction of sp³-hybridized carbons (Fsp3) is 0.122. The molecule has 9 rings (SSSR count). The topological polar surface area (TPSA) is 72.9 Å². The predicted octanol–water partition coefficient (Wildman–Crippen LogP) is 12.7. The maximum absolute atomic E-state index is 10.7. The molecule has 5 nitrogen and oxygen atoms in total. The third kappa shape index (κ3) is 5.59. The van der Waals surface area contributed by atoms with Gasteiger partial charge in [0, 0.05) is 27.8 Å². The number of benzene rings is 6. The first-order valence-corrected chi connectivity index (χ1v) is 18.5. The Bertz CT molecular complexity index is 2440. The van der Waals surface area contributed by atoms with Crippen molar-refractivity contribution in [1.82, 2.24) is 4.98 Å². The van der Waals surface area contributed by atoms with E-state index in [4.69, 9.17) is 9.72 Å². The number of aromatic nitrogens is 1. The number of hydrogen-bond donors (Lipinski definition) is 0. The molecular formula is C49H36N4O. The molecule has 1 aliphatic carbocycles. The van der Waals surface area contributed by atoms with Crippen molar-refractivity contribution >= 4 is 17.1 Å². The molecule has 1 saturated carbocycles. The molecule has 6 aromatic carbocycles. The number of pyridine rings is 1. The molecule has 0 saturated heterocycles. The summed E-state index contributed by atoms with van der Waals surface area (Å²) in [5, 5.41) is 21.3. The van der Waals surface area contributed by atoms with Crippen LogP contribution >= 0.6 is 0 Å². The van der Waals surface area contributed by atoms with Crippen LogP contribution in [0.2, 0.25) is 0 Å². The lowest BCUT2D eigenvalue weighted by atomic mass is 9.65. The number of para-hydroxylation sites is 4. The molecule has 1 fully saturated rings. The summed E-state index contributed by atoms with van der Waals surface area (Å²) in [5.74, 6) is 1.67. The van der Waals surface area contributed by atoms with Crippen LogP contribution in [-0.2, 0) is 5.41 Å². The standard InChI is InChI=1S/C49H36N4O/c50-32-40-46(41(33-51)48(36-16-6-2-7-17-36)52-47(40)35-14-4-1-5-15-35)34-22-24-37(25-23-34)49(30-12-3-13-31-49)38-26-28-39(29-27-38)53-42-18-8-10-20-44(42)54-45-21-11-9-19-43(45)53/h1-2,4-11,14-29H,3,12-13,30-31H2. The van der Waals surface area contributed by atoms with E-state index in [0.717, 1.165) is 70.9 Å². The third-order valence-electron chi connectivity index (χ3n) is 11.1. The quantitative estimate of drug-likeness (QED) is 0.173. The zero-order valence-electron chi connectivity index (χ0n) is 29.7. The van der Waals surface area contributed by atoms with E-state index in [1.807, 2.05) is 97.1 Å². The third-order valence-corrected chi connectivity index (χ3v) is 11.1. The minimum atomic E-state index is -0.158. The van der Waals surface area contributed by atoms with Gasteiger partial charge in [-0.2, -0.15) is 10.5 Å². The summed E-state index contributed by atoms with van der Waals surface area (Å²) in [7, 11) is 0. The molecule has 7 aromatic rings. The van der Waals surface area contributed by atoms with Crippen molar-refractivity contribution in [3.63, 3.8) is 0 Å². The molecule has 0 atom stereocenters. The van der Waals surface area contributed by atoms with Crippen molar-refractivity contribution in [2.24, 2.45) is 0 Å². The summed E-state index contributed by atoms with van der Waals surface area (Å²) in [6, 6.07) is 58.5. The molecule has 1 aliphatic heterocycles. The predicted molar refractivity (Wildman–Crippen MR) is 215 cm³/mol. The maximum Gasteiger partial charge on any atom is 0.151 e. The number of rotatable bonds is 6. The summed E-state index contributed by atoms with van der Waals surface area (Å²) >= 11 is 0. The molecule has 0 amide bonds. The van der Waals surface area contributed by atoms with Crippen LogP contribution in [-0.4, -0.2) is 4.98 Å². The number of nitriles is 2. The van der Waals surface area contributed by atoms with E-state index in [1.165, 1.54) is 17.5 Å². The van der Waals surface area contributed by atoms with Crippen LogP contribution in [0, 0.1) is 22.7 Å². The molecule has 2 heterocycles. The highest BCUT2D eigenvalue weighted by Crippen LogP contribution is 2.51. The Morgan fingerprint density at radius 1 is 0.500 bits per heavy atom. The number of nitrogens with zero attached hydrogens (tertiary/aromatic N) is 4. The van der Waals surface area contributed by atoms with Gasteiger partial charge in [-0.05, 0) is 65.9 Å². The summed E-state index contributed by atoms with van der Waals surface area (Å²) < 4.78 is 6.27. The Balaban J connectivity index is 1.14. The fourth-order valence-corrected chi connectivity index (χ4v) is 8.47. The number of ether oxygens (including phenoxy) is 1. The zero-order chi connectivity index (χ0) is 36.5. The smallest absolute Gasteiger partial charge is 0.151 e. The van der Waals surface area contributed by atoms with E-state index in [2.05, 4.69) is 77.7 Å². The van der Waals surface area contributed by atoms with E-state index in [9.17, 15) is 10.5 Å². The summed E-state index contributed by atoms with van der Waals surface area (Å²) in [6.07, 6.45) is 5.62. The second-order valence-electron chi connectivity index (χ2n) is 14.0. The van der Waals surface area contributed by atoms with Gasteiger partial charge in [-0.15, -0.1) is 0 Å². The highest BCUT2D eigenvalue weighted by Gasteiger charge is 2.36. The first-order valence-electron chi connectivity index (χ1n) is 18.5. The fourth-order valence-electron chi connectivity index (χ4n) is 8.47. The zero-order valence-corrected chi connectivity index (χ0v) is 29.7. The molecule has 0 radical (unpaired) electrons. The number of fused-ring (bicyclic) bond motifs is 2. The van der Waals surface area contributed by atoms with Crippen LogP contribution in [0.1, 0.15) is 54.4 Å². The van der Waals surface area contributed by atoms with E-state index in [1.54, 1.807) is 0 Å². The minimum Gasteiger partial charge on any atom is -0.453 e. The second kappa shape index (κ2) is 13.9. The van der Waals surface area contributed by atoms with Crippen LogP contribution in [0.3, 0.4) is 0 Å². The van der Waals surface area contributed by atoms with Crippen molar-refractivity contribution in [3.8, 4) is 57.3 Å². The Morgan fingerprint density at radius 3 is 1.46 bits per heavy atom. The Morgan fingerprint density at radius 2 is 0.963 bits per heavy atom. The Kier molecular flexibility index (Phi) is 8.46. The van der Waals surface area contributed by atoms with Gasteiger partial charge >= 0.3 is 0 Å². The first kappa shape index (κ1) is 32.9. The van der Waals surface area contributed by atoms with Gasteiger partial charge in [-0.1, -0.05) is 141 Å². The summed E-state index contributed by atoms with van der Waals surface area (Å²) in [5.41, 5.74) is 10.6. The molecule has 5 heteroatoms. The highest BCUT2D eigenvalue weighted by molar-refractivity contribution is 5.90. The molecule has 0 bridgehead atoms. The summed E-state index contributed by atoms with van der Waals surface area (Å²) in [4.78, 5) is 7.27. The van der Waals surface area contributed by atoms with Crippen molar-refractivity contribution < 1.29 is 4.74 Å². The van der Waals surface area contributed by atoms with Gasteiger partial charge in [-0.3, -0.25) is 0 Å². The first-order chi connectivity index (χ1) is 26.7. The van der Waals surface area contributed by atoms with Crippen LogP contribution in [0.5, 0.6) is 11.5 Å². The van der Waals surface area contributed by atoms with Crippen molar-refractivity contribution in [1.29, 1.82) is 10.5 Å². The Hall–Kier alpha value is -6.95. The molecule has 54 heavy (non-hydrogen) atoms. The number of anilines is 3. The maximum atomic E-state index is 10.7. The molecule has 0 spiro atoms. The van der Waals surface area contributed by atoms with Crippen LogP contribution in [0.25, 0.3) is 33.6 Å². The van der Waals surface area contributed by atoms with Gasteiger partial charge in [0.15, 0.2) is 11.5 Å². The lowest BCUT2D eigenvalue weighted by molar-refractivity contribution is 0.346. The largest absolute Gasteiger partial charge is 0.453 e. The lowest BCUT2D eigenvalue weighted by Crippen LogP contribution is -2.30. The van der Waals surface area contributed by atoms with Crippen molar-refractivity contribution in [2.45, 2.75) is 37.5 Å². The van der Waals surface area contributed by atoms with Gasteiger partial charge in [0.1, 0.15) is 12.1 Å². The van der Waals surface area contributed by atoms with Crippen LogP contribution in [0.4, 0.5) is 17.1 Å². The normalized spacial score (nSPS) is 14.1. The minimum absolute atomic E-state index is 0.158. The van der Waals surface area contributed by atoms with E-state index in [0.29, 0.717) is 28.1 Å². The van der Waals surface area contributed by atoms with E-state index < -0.39 is 0 Å². The average molecular weight is 697 g/mol. The molecule has 0 N–H and O–H groups in total. The van der Waals surface area contributed by atoms with Gasteiger partial charge < -0.3 is 9.64 Å². The van der Waals surface area contributed by atoms with Gasteiger partial charge in [-0.25, -0.2) is 4.98 Å². The highest BCUT2D eigenvalue weighted by atomic mass is 16.5. The lowest BCUT2D eigenvalue weighted by Gasteiger charge is -2.39. The van der Waals surface area contributed by atoms with Crippen molar-refractivity contribution in [3.05, 3.63) is 180 Å². The summed E-state index contributed by atoms with van der Waals surface area (Å²) in [6.45, 7) is 0. The monoisotopic (exact) mass is 696 g/mol. The van der Waals surface area contributed by atoms with E-state index >= 15 is 0 Å². The molecule has 258 valence electrons. The van der Waals surface area contributed by atoms with Crippen molar-refractivity contribution in [2.75, 3.05) is 4.90 Å². The number of hydrogen-bond acceptors (Lipinski definition) is 5. The molecular weight excluding hydrogens is 661 g/mol. The van der Waals surface area contributed by atoms with Gasteiger partial charge in [0.2, 0.25) is 0 Å². The van der Waals surface area contributed by atoms with Gasteiger partial charge in [0.25, 0.3) is 0 Å². The molecule has 2 aliphatic rings.